The molecule has 1 aliphatic carbocycles. The van der Waals surface area contributed by atoms with Crippen LogP contribution in [-0.4, -0.2) is 0 Å². The molecule has 1 atom stereocenters. The van der Waals surface area contributed by atoms with Crippen LogP contribution in [0.5, 0.6) is 0 Å². The molecule has 106 valence electrons. The molecule has 1 aliphatic rings. The predicted octanol–water partition coefficient (Wildman–Crippen LogP) is 5.89. The number of alkyl halides is 1. The van der Waals surface area contributed by atoms with E-state index in [1.54, 1.807) is 11.3 Å². The highest BCUT2D eigenvalue weighted by Gasteiger charge is 2.21. The summed E-state index contributed by atoms with van der Waals surface area (Å²) in [5, 5.41) is 4.92. The maximum absolute atomic E-state index is 6.87. The van der Waals surface area contributed by atoms with Crippen LogP contribution in [0, 0.1) is 0 Å². The van der Waals surface area contributed by atoms with Gasteiger partial charge in [0, 0.05) is 4.88 Å². The molecule has 0 N–H and O–H groups in total. The van der Waals surface area contributed by atoms with Crippen LogP contribution in [0.2, 0.25) is 0 Å². The van der Waals surface area contributed by atoms with E-state index < -0.39 is 0 Å². The normalized spacial score (nSPS) is 14.8. The molecule has 4 rings (SSSR count). The zero-order valence-electron chi connectivity index (χ0n) is 12.0. The Morgan fingerprint density at radius 3 is 2.71 bits per heavy atom. The molecule has 21 heavy (non-hydrogen) atoms. The van der Waals surface area contributed by atoms with Gasteiger partial charge in [0.1, 0.15) is 0 Å². The van der Waals surface area contributed by atoms with E-state index >= 15 is 0 Å². The second kappa shape index (κ2) is 5.15. The molecule has 0 aliphatic heterocycles. The molecule has 0 saturated heterocycles. The van der Waals surface area contributed by atoms with E-state index in [1.807, 2.05) is 0 Å². The molecular formula is C19H17ClS. The number of benzene rings is 2. The maximum atomic E-state index is 6.87. The molecule has 0 spiro atoms. The number of rotatable bonds is 3. The lowest BCUT2D eigenvalue weighted by molar-refractivity contribution is 1.02. The summed E-state index contributed by atoms with van der Waals surface area (Å²) in [6.45, 7) is 2.20. The van der Waals surface area contributed by atoms with Crippen molar-refractivity contribution in [3.05, 3.63) is 68.9 Å². The van der Waals surface area contributed by atoms with E-state index in [2.05, 4.69) is 48.7 Å². The summed E-state index contributed by atoms with van der Waals surface area (Å²) in [5.41, 5.74) is 5.60. The van der Waals surface area contributed by atoms with E-state index in [9.17, 15) is 0 Å². The molecule has 0 radical (unpaired) electrons. The Balaban J connectivity index is 1.92. The largest absolute Gasteiger partial charge is 0.147 e. The van der Waals surface area contributed by atoms with Gasteiger partial charge in [0.15, 0.2) is 0 Å². The fourth-order valence-electron chi connectivity index (χ4n) is 3.49. The van der Waals surface area contributed by atoms with Gasteiger partial charge in [0.25, 0.3) is 0 Å². The van der Waals surface area contributed by atoms with Crippen molar-refractivity contribution in [2.45, 2.75) is 31.6 Å². The Hall–Kier alpha value is -1.31. The highest BCUT2D eigenvalue weighted by atomic mass is 35.5. The molecule has 0 amide bonds. The lowest BCUT2D eigenvalue weighted by atomic mass is 9.96. The zero-order chi connectivity index (χ0) is 14.4. The average Bonchev–Trinajstić information content (AvgIpc) is 3.15. The van der Waals surface area contributed by atoms with Crippen molar-refractivity contribution in [1.82, 2.24) is 0 Å². The van der Waals surface area contributed by atoms with Crippen molar-refractivity contribution < 1.29 is 0 Å². The van der Waals surface area contributed by atoms with Crippen molar-refractivity contribution >= 4 is 33.7 Å². The molecular weight excluding hydrogens is 296 g/mol. The third kappa shape index (κ3) is 2.03. The van der Waals surface area contributed by atoms with E-state index in [0.29, 0.717) is 0 Å². The van der Waals surface area contributed by atoms with Crippen LogP contribution in [0.4, 0.5) is 0 Å². The minimum absolute atomic E-state index is 0.0372. The quantitative estimate of drug-likeness (QED) is 0.529. The molecule has 1 unspecified atom stereocenters. The van der Waals surface area contributed by atoms with E-state index in [4.69, 9.17) is 11.6 Å². The number of hydrogen-bond acceptors (Lipinski definition) is 1. The highest BCUT2D eigenvalue weighted by Crippen LogP contribution is 2.41. The van der Waals surface area contributed by atoms with Crippen molar-refractivity contribution in [3.63, 3.8) is 0 Å². The third-order valence-electron chi connectivity index (χ3n) is 4.58. The van der Waals surface area contributed by atoms with Gasteiger partial charge in [-0.1, -0.05) is 37.3 Å². The first-order valence-corrected chi connectivity index (χ1v) is 8.85. The summed E-state index contributed by atoms with van der Waals surface area (Å²) in [6, 6.07) is 13.4. The van der Waals surface area contributed by atoms with Gasteiger partial charge in [-0.25, -0.2) is 0 Å². The Bertz CT molecular complexity index is 805. The van der Waals surface area contributed by atoms with Gasteiger partial charge >= 0.3 is 0 Å². The average molecular weight is 313 g/mol. The molecule has 0 nitrogen and oxygen atoms in total. The second-order valence-corrected chi connectivity index (χ2v) is 7.06. The Kier molecular flexibility index (Phi) is 3.28. The first kappa shape index (κ1) is 13.4. The Morgan fingerprint density at radius 2 is 1.90 bits per heavy atom. The first-order chi connectivity index (χ1) is 10.3. The number of aryl methyl sites for hydroxylation is 3. The van der Waals surface area contributed by atoms with Crippen molar-refractivity contribution in [2.24, 2.45) is 0 Å². The first-order valence-electron chi connectivity index (χ1n) is 7.53. The molecule has 1 aromatic heterocycles. The maximum Gasteiger partial charge on any atom is 0.0936 e. The van der Waals surface area contributed by atoms with Crippen molar-refractivity contribution in [1.29, 1.82) is 0 Å². The fourth-order valence-corrected chi connectivity index (χ4v) is 4.97. The van der Waals surface area contributed by atoms with Crippen LogP contribution in [0.1, 0.15) is 39.4 Å². The Labute approximate surface area is 134 Å². The Morgan fingerprint density at radius 1 is 1.10 bits per heavy atom. The van der Waals surface area contributed by atoms with Crippen molar-refractivity contribution in [2.75, 3.05) is 0 Å². The minimum Gasteiger partial charge on any atom is -0.147 e. The standard InChI is InChI=1S/C19H17ClS/c1-2-12-10-11-21-19(12)18(20)16-9-8-14-7-6-13-4-3-5-15(16)17(13)14/h3-5,8-11,18H,2,6-7H2,1H3. The van der Waals surface area contributed by atoms with Gasteiger partial charge in [-0.3, -0.25) is 0 Å². The van der Waals surface area contributed by atoms with Crippen LogP contribution in [-0.2, 0) is 19.3 Å². The molecule has 3 aromatic rings. The van der Waals surface area contributed by atoms with Gasteiger partial charge < -0.3 is 0 Å². The summed E-state index contributed by atoms with van der Waals surface area (Å²) in [7, 11) is 0. The van der Waals surface area contributed by atoms with Gasteiger partial charge in [-0.05, 0) is 63.7 Å². The van der Waals surface area contributed by atoms with Crippen LogP contribution in [0.15, 0.2) is 41.8 Å². The molecule has 0 bridgehead atoms. The molecule has 0 saturated carbocycles. The monoisotopic (exact) mass is 312 g/mol. The summed E-state index contributed by atoms with van der Waals surface area (Å²) >= 11 is 8.65. The van der Waals surface area contributed by atoms with Crippen LogP contribution in [0.25, 0.3) is 10.8 Å². The molecule has 1 heterocycles. The van der Waals surface area contributed by atoms with Crippen LogP contribution >= 0.6 is 22.9 Å². The van der Waals surface area contributed by atoms with Crippen LogP contribution < -0.4 is 0 Å². The molecule has 2 heteroatoms. The highest BCUT2D eigenvalue weighted by molar-refractivity contribution is 7.10. The molecule has 0 fully saturated rings. The SMILES string of the molecule is CCc1ccsc1C(Cl)c1ccc2c3c(cccc13)CC2. The topological polar surface area (TPSA) is 0 Å². The molecule has 2 aromatic carbocycles. The minimum atomic E-state index is -0.0372. The smallest absolute Gasteiger partial charge is 0.0936 e. The van der Waals surface area contributed by atoms with Crippen molar-refractivity contribution in [3.8, 4) is 0 Å². The van der Waals surface area contributed by atoms with Gasteiger partial charge in [0.2, 0.25) is 0 Å². The zero-order valence-corrected chi connectivity index (χ0v) is 13.6. The lowest BCUT2D eigenvalue weighted by Crippen LogP contribution is -1.96. The predicted molar refractivity (Wildman–Crippen MR) is 92.7 cm³/mol. The summed E-state index contributed by atoms with van der Waals surface area (Å²) in [5.74, 6) is 0. The third-order valence-corrected chi connectivity index (χ3v) is 6.18. The summed E-state index contributed by atoms with van der Waals surface area (Å²) in [4.78, 5) is 1.30. The van der Waals surface area contributed by atoms with Gasteiger partial charge in [0.05, 0.1) is 5.38 Å². The lowest BCUT2D eigenvalue weighted by Gasteiger charge is -2.14. The summed E-state index contributed by atoms with van der Waals surface area (Å²) < 4.78 is 0. The van der Waals surface area contributed by atoms with E-state index in [1.165, 1.54) is 50.7 Å². The van der Waals surface area contributed by atoms with Crippen LogP contribution in [0.3, 0.4) is 0 Å². The second-order valence-electron chi connectivity index (χ2n) is 5.68. The fraction of sp³-hybridized carbons (Fsp3) is 0.263. The number of thiophene rings is 1. The van der Waals surface area contributed by atoms with E-state index in [-0.39, 0.29) is 5.38 Å². The number of hydrogen-bond donors (Lipinski definition) is 0. The van der Waals surface area contributed by atoms with E-state index in [0.717, 1.165) is 6.42 Å². The van der Waals surface area contributed by atoms with Gasteiger partial charge in [-0.2, -0.15) is 0 Å². The van der Waals surface area contributed by atoms with Gasteiger partial charge in [-0.15, -0.1) is 22.9 Å². The number of halogens is 1. The summed E-state index contributed by atoms with van der Waals surface area (Å²) in [6.07, 6.45) is 3.38.